The minimum absolute atomic E-state index is 0.0585. The quantitative estimate of drug-likeness (QED) is 0.912. The van der Waals surface area contributed by atoms with Crippen LogP contribution in [0, 0.1) is 0 Å². The van der Waals surface area contributed by atoms with Crippen LogP contribution < -0.4 is 14.8 Å². The highest BCUT2D eigenvalue weighted by Crippen LogP contribution is 2.40. The Bertz CT molecular complexity index is 432. The van der Waals surface area contributed by atoms with Gasteiger partial charge in [0.2, 0.25) is 0 Å². The molecule has 0 bridgehead atoms. The van der Waals surface area contributed by atoms with Gasteiger partial charge in [0.05, 0.1) is 19.8 Å². The molecule has 19 heavy (non-hydrogen) atoms. The molecule has 0 atom stereocenters. The van der Waals surface area contributed by atoms with Crippen LogP contribution in [0.2, 0.25) is 0 Å². The van der Waals surface area contributed by atoms with Gasteiger partial charge in [-0.3, -0.25) is 0 Å². The Balaban J connectivity index is 2.42. The Hall–Kier alpha value is -1.36. The predicted molar refractivity (Wildman–Crippen MR) is 69.3 cm³/mol. The average Bonchev–Trinajstić information content (AvgIpc) is 2.46. The van der Waals surface area contributed by atoms with Crippen LogP contribution in [-0.4, -0.2) is 27.3 Å². The van der Waals surface area contributed by atoms with E-state index in [0.717, 1.165) is 31.5 Å². The number of alkyl halides is 2. The van der Waals surface area contributed by atoms with Gasteiger partial charge in [-0.25, -0.2) is 8.78 Å². The van der Waals surface area contributed by atoms with Gasteiger partial charge in [0.1, 0.15) is 11.5 Å². The highest BCUT2D eigenvalue weighted by atomic mass is 19.3. The van der Waals surface area contributed by atoms with E-state index in [9.17, 15) is 8.78 Å². The van der Waals surface area contributed by atoms with Crippen LogP contribution in [0.5, 0.6) is 11.5 Å². The second kappa shape index (κ2) is 6.19. The summed E-state index contributed by atoms with van der Waals surface area (Å²) < 4.78 is 36.5. The minimum Gasteiger partial charge on any atom is -0.496 e. The van der Waals surface area contributed by atoms with Crippen molar-refractivity contribution in [3.63, 3.8) is 0 Å². The summed E-state index contributed by atoms with van der Waals surface area (Å²) in [7, 11) is 2.95. The Kier molecular flexibility index (Phi) is 4.58. The lowest BCUT2D eigenvalue weighted by Gasteiger charge is -2.25. The van der Waals surface area contributed by atoms with E-state index in [-0.39, 0.29) is 17.2 Å². The lowest BCUT2D eigenvalue weighted by Crippen LogP contribution is -2.26. The van der Waals surface area contributed by atoms with Gasteiger partial charge in [-0.15, -0.1) is 0 Å². The van der Waals surface area contributed by atoms with E-state index >= 15 is 0 Å². The SMILES string of the molecule is COc1cc(OC)c(C2CCNCC2)cc1C(F)F. The predicted octanol–water partition coefficient (Wildman–Crippen LogP) is 3.11. The third-order valence-electron chi connectivity index (χ3n) is 3.60. The maximum atomic E-state index is 13.1. The molecule has 0 spiro atoms. The maximum Gasteiger partial charge on any atom is 0.267 e. The Labute approximate surface area is 111 Å². The van der Waals surface area contributed by atoms with Crippen molar-refractivity contribution in [1.29, 1.82) is 0 Å². The highest BCUT2D eigenvalue weighted by Gasteiger charge is 2.24. The van der Waals surface area contributed by atoms with E-state index < -0.39 is 6.43 Å². The molecule has 1 aliphatic heterocycles. The van der Waals surface area contributed by atoms with Gasteiger partial charge in [-0.1, -0.05) is 0 Å². The van der Waals surface area contributed by atoms with Crippen LogP contribution in [0.4, 0.5) is 8.78 Å². The summed E-state index contributed by atoms with van der Waals surface area (Å²) in [6.45, 7) is 1.81. The van der Waals surface area contributed by atoms with Gasteiger partial charge in [0, 0.05) is 6.07 Å². The number of hydrogen-bond acceptors (Lipinski definition) is 3. The molecular formula is C14H19F2NO2. The number of rotatable bonds is 4. The molecule has 106 valence electrons. The van der Waals surface area contributed by atoms with Crippen molar-refractivity contribution in [1.82, 2.24) is 5.32 Å². The largest absolute Gasteiger partial charge is 0.496 e. The van der Waals surface area contributed by atoms with Gasteiger partial charge in [0.25, 0.3) is 6.43 Å². The highest BCUT2D eigenvalue weighted by molar-refractivity contribution is 5.48. The number of halogens is 2. The fourth-order valence-electron chi connectivity index (χ4n) is 2.57. The van der Waals surface area contributed by atoms with Crippen molar-refractivity contribution in [3.05, 3.63) is 23.3 Å². The summed E-state index contributed by atoms with van der Waals surface area (Å²) in [6, 6.07) is 3.11. The zero-order valence-electron chi connectivity index (χ0n) is 11.2. The molecule has 1 N–H and O–H groups in total. The zero-order valence-corrected chi connectivity index (χ0v) is 11.2. The maximum absolute atomic E-state index is 13.1. The Morgan fingerprint density at radius 2 is 1.74 bits per heavy atom. The molecular weight excluding hydrogens is 252 g/mol. The summed E-state index contributed by atoms with van der Waals surface area (Å²) >= 11 is 0. The molecule has 0 saturated carbocycles. The van der Waals surface area contributed by atoms with Crippen LogP contribution in [0.3, 0.4) is 0 Å². The van der Waals surface area contributed by atoms with Gasteiger partial charge in [-0.2, -0.15) is 0 Å². The van der Waals surface area contributed by atoms with E-state index in [1.807, 2.05) is 0 Å². The second-order valence-corrected chi connectivity index (χ2v) is 4.66. The Morgan fingerprint density at radius 3 is 2.26 bits per heavy atom. The first kappa shape index (κ1) is 14.1. The summed E-state index contributed by atoms with van der Waals surface area (Å²) in [6.07, 6.45) is -0.669. The van der Waals surface area contributed by atoms with Gasteiger partial charge in [-0.05, 0) is 43.5 Å². The second-order valence-electron chi connectivity index (χ2n) is 4.66. The fraction of sp³-hybridized carbons (Fsp3) is 0.571. The third-order valence-corrected chi connectivity index (χ3v) is 3.60. The first-order chi connectivity index (χ1) is 9.17. The number of piperidine rings is 1. The molecule has 1 aromatic rings. The first-order valence-corrected chi connectivity index (χ1v) is 6.42. The van der Waals surface area contributed by atoms with Gasteiger partial charge in [0.15, 0.2) is 0 Å². The van der Waals surface area contributed by atoms with Crippen molar-refractivity contribution in [2.75, 3.05) is 27.3 Å². The van der Waals surface area contributed by atoms with Crippen LogP contribution >= 0.6 is 0 Å². The van der Waals surface area contributed by atoms with Crippen molar-refractivity contribution in [2.24, 2.45) is 0 Å². The monoisotopic (exact) mass is 271 g/mol. The average molecular weight is 271 g/mol. The molecule has 0 aliphatic carbocycles. The molecule has 1 aromatic carbocycles. The molecule has 0 amide bonds. The van der Waals surface area contributed by atoms with Crippen LogP contribution in [-0.2, 0) is 0 Å². The summed E-state index contributed by atoms with van der Waals surface area (Å²) in [5.41, 5.74) is 0.803. The van der Waals surface area contributed by atoms with Crippen molar-refractivity contribution < 1.29 is 18.3 Å². The van der Waals surface area contributed by atoms with Gasteiger partial charge < -0.3 is 14.8 Å². The zero-order chi connectivity index (χ0) is 13.8. The molecule has 1 heterocycles. The van der Waals surface area contributed by atoms with E-state index in [4.69, 9.17) is 9.47 Å². The molecule has 1 fully saturated rings. The van der Waals surface area contributed by atoms with E-state index in [0.29, 0.717) is 5.75 Å². The standard InChI is InChI=1S/C14H19F2NO2/c1-18-12-8-13(19-2)11(14(15)16)7-10(12)9-3-5-17-6-4-9/h7-9,14,17H,3-6H2,1-2H3. The van der Waals surface area contributed by atoms with E-state index in [2.05, 4.69) is 5.32 Å². The van der Waals surface area contributed by atoms with Crippen molar-refractivity contribution >= 4 is 0 Å². The lowest BCUT2D eigenvalue weighted by molar-refractivity contribution is 0.146. The smallest absolute Gasteiger partial charge is 0.267 e. The summed E-state index contributed by atoms with van der Waals surface area (Å²) in [5.74, 6) is 1.08. The first-order valence-electron chi connectivity index (χ1n) is 6.42. The molecule has 1 saturated heterocycles. The fourth-order valence-corrected chi connectivity index (χ4v) is 2.57. The topological polar surface area (TPSA) is 30.5 Å². The van der Waals surface area contributed by atoms with E-state index in [1.54, 1.807) is 19.2 Å². The number of methoxy groups -OCH3 is 2. The number of nitrogens with one attached hydrogen (secondary N) is 1. The molecule has 0 radical (unpaired) electrons. The van der Waals surface area contributed by atoms with Crippen LogP contribution in [0.15, 0.2) is 12.1 Å². The molecule has 5 heteroatoms. The van der Waals surface area contributed by atoms with Crippen LogP contribution in [0.25, 0.3) is 0 Å². The lowest BCUT2D eigenvalue weighted by atomic mass is 9.88. The number of hydrogen-bond donors (Lipinski definition) is 1. The number of ether oxygens (including phenoxy) is 2. The molecule has 1 aliphatic rings. The molecule has 0 unspecified atom stereocenters. The van der Waals surface area contributed by atoms with Crippen LogP contribution in [0.1, 0.15) is 36.3 Å². The normalized spacial score (nSPS) is 16.7. The summed E-state index contributed by atoms with van der Waals surface area (Å²) in [5, 5.41) is 3.27. The molecule has 2 rings (SSSR count). The molecule has 3 nitrogen and oxygen atoms in total. The van der Waals surface area contributed by atoms with Crippen molar-refractivity contribution in [3.8, 4) is 11.5 Å². The minimum atomic E-state index is -2.54. The van der Waals surface area contributed by atoms with Gasteiger partial charge >= 0.3 is 0 Å². The van der Waals surface area contributed by atoms with Crippen molar-refractivity contribution in [2.45, 2.75) is 25.2 Å². The number of benzene rings is 1. The van der Waals surface area contributed by atoms with E-state index in [1.165, 1.54) is 7.11 Å². The third kappa shape index (κ3) is 2.97. The Morgan fingerprint density at radius 1 is 1.11 bits per heavy atom. The molecule has 0 aromatic heterocycles. The summed E-state index contributed by atoms with van der Waals surface area (Å²) in [4.78, 5) is 0.